The summed E-state index contributed by atoms with van der Waals surface area (Å²) >= 11 is 6.27. The van der Waals surface area contributed by atoms with Gasteiger partial charge in [0, 0.05) is 32.2 Å². The molecule has 1 aliphatic rings. The number of nitrogens with zero attached hydrogens (tertiary/aromatic N) is 2. The fraction of sp³-hybridized carbons (Fsp3) is 0.625. The van der Waals surface area contributed by atoms with E-state index in [2.05, 4.69) is 29.8 Å². The van der Waals surface area contributed by atoms with Crippen LogP contribution in [0.25, 0.3) is 0 Å². The predicted molar refractivity (Wildman–Crippen MR) is 86.0 cm³/mol. The van der Waals surface area contributed by atoms with Crippen LogP contribution >= 0.6 is 11.6 Å². The first-order chi connectivity index (χ1) is 10.1. The number of aliphatic hydroxyl groups excluding tert-OH is 1. The van der Waals surface area contributed by atoms with E-state index in [0.717, 1.165) is 38.3 Å². The Bertz CT molecular complexity index is 456. The normalized spacial score (nSPS) is 20.7. The summed E-state index contributed by atoms with van der Waals surface area (Å²) in [6, 6.07) is 6.23. The molecular formula is C16H25ClN2O2. The van der Waals surface area contributed by atoms with Gasteiger partial charge in [0.2, 0.25) is 0 Å². The van der Waals surface area contributed by atoms with E-state index in [1.54, 1.807) is 0 Å². The average Bonchev–Trinajstić information content (AvgIpc) is 2.48. The highest BCUT2D eigenvalue weighted by Gasteiger charge is 2.23. The van der Waals surface area contributed by atoms with Gasteiger partial charge in [-0.1, -0.05) is 24.6 Å². The molecular weight excluding hydrogens is 288 g/mol. The number of aliphatic hydroxyl groups is 1. The van der Waals surface area contributed by atoms with Crippen LogP contribution in [0.2, 0.25) is 5.02 Å². The molecule has 118 valence electrons. The van der Waals surface area contributed by atoms with Gasteiger partial charge in [0.25, 0.3) is 0 Å². The molecule has 1 saturated heterocycles. The van der Waals surface area contributed by atoms with Crippen molar-refractivity contribution < 1.29 is 9.84 Å². The van der Waals surface area contributed by atoms with E-state index in [9.17, 15) is 5.11 Å². The van der Waals surface area contributed by atoms with Gasteiger partial charge in [-0.2, -0.15) is 0 Å². The first-order valence-corrected chi connectivity index (χ1v) is 7.96. The molecule has 1 N–H and O–H groups in total. The van der Waals surface area contributed by atoms with Crippen LogP contribution in [0.1, 0.15) is 18.9 Å². The van der Waals surface area contributed by atoms with E-state index in [-0.39, 0.29) is 12.6 Å². The highest BCUT2D eigenvalue weighted by atomic mass is 35.5. The molecule has 0 radical (unpaired) electrons. The summed E-state index contributed by atoms with van der Waals surface area (Å²) in [5.41, 5.74) is 1.19. The molecule has 4 nitrogen and oxygen atoms in total. The average molecular weight is 313 g/mol. The first kappa shape index (κ1) is 16.6. The quantitative estimate of drug-likeness (QED) is 0.874. The maximum atomic E-state index is 9.40. The van der Waals surface area contributed by atoms with Gasteiger partial charge >= 0.3 is 0 Å². The minimum absolute atomic E-state index is 0.206. The van der Waals surface area contributed by atoms with Crippen LogP contribution in [0, 0.1) is 0 Å². The lowest BCUT2D eigenvalue weighted by atomic mass is 10.1. The molecule has 0 spiro atoms. The molecule has 21 heavy (non-hydrogen) atoms. The lowest BCUT2D eigenvalue weighted by molar-refractivity contribution is 0.0540. The van der Waals surface area contributed by atoms with Gasteiger partial charge in [-0.3, -0.25) is 9.80 Å². The fourth-order valence-electron chi connectivity index (χ4n) is 2.58. The molecule has 0 bridgehead atoms. The number of likely N-dealkylation sites (N-methyl/N-ethyl adjacent to an activating group) is 1. The molecule has 0 aliphatic carbocycles. The maximum Gasteiger partial charge on any atom is 0.137 e. The molecule has 1 aliphatic heterocycles. The van der Waals surface area contributed by atoms with E-state index in [0.29, 0.717) is 11.6 Å². The first-order valence-electron chi connectivity index (χ1n) is 7.58. The van der Waals surface area contributed by atoms with Crippen molar-refractivity contribution in [3.8, 4) is 5.75 Å². The number of hydrogen-bond acceptors (Lipinski definition) is 4. The third kappa shape index (κ3) is 4.58. The topological polar surface area (TPSA) is 35.9 Å². The standard InChI is InChI=1S/C16H25ClN2O2/c1-3-8-21-16-5-4-13(9-15(16)17)10-19-7-6-18(2)14(11-19)12-20/h4-5,9,14,20H,3,6-8,10-12H2,1-2H3/t14-/m0/s1. The predicted octanol–water partition coefficient (Wildman–Crippen LogP) is 2.24. The van der Waals surface area contributed by atoms with Gasteiger partial charge in [-0.05, 0) is 31.2 Å². The maximum absolute atomic E-state index is 9.40. The molecule has 1 aromatic carbocycles. The zero-order valence-electron chi connectivity index (χ0n) is 12.9. The van der Waals surface area contributed by atoms with Crippen molar-refractivity contribution in [3.05, 3.63) is 28.8 Å². The number of benzene rings is 1. The second kappa shape index (κ2) is 7.99. The van der Waals surface area contributed by atoms with Crippen LogP contribution < -0.4 is 4.74 Å². The second-order valence-electron chi connectivity index (χ2n) is 5.67. The van der Waals surface area contributed by atoms with Crippen LogP contribution in [0.3, 0.4) is 0 Å². The van der Waals surface area contributed by atoms with Crippen LogP contribution in [-0.2, 0) is 6.54 Å². The van der Waals surface area contributed by atoms with Crippen molar-refractivity contribution in [1.29, 1.82) is 0 Å². The Morgan fingerprint density at radius 3 is 2.86 bits per heavy atom. The van der Waals surface area contributed by atoms with E-state index < -0.39 is 0 Å². The number of piperazine rings is 1. The highest BCUT2D eigenvalue weighted by Crippen LogP contribution is 2.26. The van der Waals surface area contributed by atoms with Crippen molar-refractivity contribution in [2.45, 2.75) is 25.9 Å². The SMILES string of the molecule is CCCOc1ccc(CN2CCN(C)[C@H](CO)C2)cc1Cl. The molecule has 1 aromatic rings. The molecule has 2 rings (SSSR count). The number of halogens is 1. The third-order valence-corrected chi connectivity index (χ3v) is 4.23. The Morgan fingerprint density at radius 1 is 1.38 bits per heavy atom. The van der Waals surface area contributed by atoms with Gasteiger partial charge in [-0.15, -0.1) is 0 Å². The summed E-state index contributed by atoms with van der Waals surface area (Å²) in [7, 11) is 2.06. The minimum Gasteiger partial charge on any atom is -0.492 e. The van der Waals surface area contributed by atoms with E-state index in [1.807, 2.05) is 12.1 Å². The zero-order valence-corrected chi connectivity index (χ0v) is 13.6. The van der Waals surface area contributed by atoms with Crippen molar-refractivity contribution in [3.63, 3.8) is 0 Å². The van der Waals surface area contributed by atoms with E-state index in [1.165, 1.54) is 5.56 Å². The summed E-state index contributed by atoms with van der Waals surface area (Å²) in [4.78, 5) is 4.57. The zero-order chi connectivity index (χ0) is 15.2. The summed E-state index contributed by atoms with van der Waals surface area (Å²) in [5.74, 6) is 0.758. The second-order valence-corrected chi connectivity index (χ2v) is 6.07. The molecule has 5 heteroatoms. The molecule has 0 aromatic heterocycles. The Labute approximate surface area is 132 Å². The molecule has 0 saturated carbocycles. The molecule has 1 fully saturated rings. The smallest absolute Gasteiger partial charge is 0.137 e. The highest BCUT2D eigenvalue weighted by molar-refractivity contribution is 6.32. The summed E-state index contributed by atoms with van der Waals surface area (Å²) in [5, 5.41) is 10.1. The van der Waals surface area contributed by atoms with E-state index >= 15 is 0 Å². The van der Waals surface area contributed by atoms with Crippen LogP contribution in [0.15, 0.2) is 18.2 Å². The molecule has 0 unspecified atom stereocenters. The molecule has 0 amide bonds. The summed E-state index contributed by atoms with van der Waals surface area (Å²) in [6.45, 7) is 6.71. The Hall–Kier alpha value is -0.810. The Morgan fingerprint density at radius 2 is 2.19 bits per heavy atom. The Kier molecular flexibility index (Phi) is 6.30. The molecule has 1 atom stereocenters. The lowest BCUT2D eigenvalue weighted by Crippen LogP contribution is -2.52. The fourth-order valence-corrected chi connectivity index (χ4v) is 2.84. The Balaban J connectivity index is 1.95. The summed E-state index contributed by atoms with van der Waals surface area (Å²) in [6.07, 6.45) is 0.974. The van der Waals surface area contributed by atoms with Gasteiger partial charge in [0.1, 0.15) is 5.75 Å². The monoisotopic (exact) mass is 312 g/mol. The van der Waals surface area contributed by atoms with Crippen molar-refractivity contribution in [2.75, 3.05) is 39.9 Å². The number of ether oxygens (including phenoxy) is 1. The number of rotatable bonds is 6. The number of hydrogen-bond donors (Lipinski definition) is 1. The summed E-state index contributed by atoms with van der Waals surface area (Å²) < 4.78 is 5.59. The lowest BCUT2D eigenvalue weighted by Gasteiger charge is -2.38. The third-order valence-electron chi connectivity index (χ3n) is 3.94. The van der Waals surface area contributed by atoms with Crippen LogP contribution in [-0.4, -0.2) is 60.8 Å². The minimum atomic E-state index is 0.206. The van der Waals surface area contributed by atoms with Gasteiger partial charge in [-0.25, -0.2) is 0 Å². The largest absolute Gasteiger partial charge is 0.492 e. The van der Waals surface area contributed by atoms with Crippen molar-refractivity contribution in [2.24, 2.45) is 0 Å². The van der Waals surface area contributed by atoms with Gasteiger partial charge < -0.3 is 9.84 Å². The molecule has 1 heterocycles. The van der Waals surface area contributed by atoms with Crippen molar-refractivity contribution >= 4 is 11.6 Å². The van der Waals surface area contributed by atoms with Gasteiger partial charge in [0.05, 0.1) is 18.2 Å². The van der Waals surface area contributed by atoms with Gasteiger partial charge in [0.15, 0.2) is 0 Å². The van der Waals surface area contributed by atoms with Crippen LogP contribution in [0.4, 0.5) is 0 Å². The van der Waals surface area contributed by atoms with E-state index in [4.69, 9.17) is 16.3 Å². The van der Waals surface area contributed by atoms with Crippen molar-refractivity contribution in [1.82, 2.24) is 9.80 Å². The van der Waals surface area contributed by atoms with Crippen LogP contribution in [0.5, 0.6) is 5.75 Å².